The summed E-state index contributed by atoms with van der Waals surface area (Å²) in [5.41, 5.74) is 0. The molecule has 0 heterocycles. The lowest BCUT2D eigenvalue weighted by Crippen LogP contribution is -2.41. The van der Waals surface area contributed by atoms with E-state index in [1.54, 1.807) is 11.8 Å². The summed E-state index contributed by atoms with van der Waals surface area (Å²) in [6.45, 7) is 3.12. The summed E-state index contributed by atoms with van der Waals surface area (Å²) in [5, 5.41) is 15.0. The van der Waals surface area contributed by atoms with Gasteiger partial charge in [-0.05, 0) is 25.0 Å². The first-order valence-electron chi connectivity index (χ1n) is 6.32. The van der Waals surface area contributed by atoms with Crippen LogP contribution in [-0.2, 0) is 4.79 Å². The van der Waals surface area contributed by atoms with Crippen LogP contribution in [0.25, 0.3) is 0 Å². The third-order valence-corrected chi connectivity index (χ3v) is 4.42. The van der Waals surface area contributed by atoms with E-state index in [0.717, 1.165) is 19.3 Å². The average molecular weight is 274 g/mol. The molecule has 0 bridgehead atoms. The van der Waals surface area contributed by atoms with Crippen molar-refractivity contribution in [2.45, 2.75) is 31.4 Å². The van der Waals surface area contributed by atoms with Gasteiger partial charge < -0.3 is 15.7 Å². The Kier molecular flexibility index (Phi) is 6.32. The summed E-state index contributed by atoms with van der Waals surface area (Å²) in [5.74, 6) is -0.961. The third-order valence-electron chi connectivity index (χ3n) is 3.45. The van der Waals surface area contributed by atoms with E-state index in [1.807, 2.05) is 13.2 Å². The van der Waals surface area contributed by atoms with Gasteiger partial charge >= 0.3 is 12.0 Å². The van der Waals surface area contributed by atoms with Gasteiger partial charge in [-0.15, -0.1) is 0 Å². The quantitative estimate of drug-likeness (QED) is 0.686. The van der Waals surface area contributed by atoms with Crippen molar-refractivity contribution in [1.82, 2.24) is 10.6 Å². The number of carbonyl (C=O) groups is 2. The van der Waals surface area contributed by atoms with Gasteiger partial charge in [-0.3, -0.25) is 4.79 Å². The summed E-state index contributed by atoms with van der Waals surface area (Å²) in [4.78, 5) is 22.5. The van der Waals surface area contributed by atoms with Crippen LogP contribution in [-0.4, -0.2) is 41.7 Å². The number of amides is 2. The largest absolute Gasteiger partial charge is 0.481 e. The molecule has 1 saturated carbocycles. The Morgan fingerprint density at radius 2 is 2.11 bits per heavy atom. The molecule has 3 N–H and O–H groups in total. The minimum Gasteiger partial charge on any atom is -0.481 e. The van der Waals surface area contributed by atoms with Gasteiger partial charge in [0, 0.05) is 18.3 Å². The number of hydrogen-bond donors (Lipinski definition) is 3. The normalized spacial score (nSPS) is 24.6. The van der Waals surface area contributed by atoms with Crippen molar-refractivity contribution in [3.05, 3.63) is 0 Å². The van der Waals surface area contributed by atoms with Crippen LogP contribution in [0.4, 0.5) is 4.79 Å². The van der Waals surface area contributed by atoms with Gasteiger partial charge in [0.2, 0.25) is 0 Å². The molecule has 18 heavy (non-hydrogen) atoms. The number of carbonyl (C=O) groups excluding carboxylic acids is 1. The van der Waals surface area contributed by atoms with Crippen LogP contribution in [0.2, 0.25) is 0 Å². The van der Waals surface area contributed by atoms with Gasteiger partial charge in [-0.2, -0.15) is 11.8 Å². The molecular weight excluding hydrogens is 252 g/mol. The highest BCUT2D eigenvalue weighted by molar-refractivity contribution is 7.99. The fraction of sp³-hybridized carbons (Fsp3) is 0.833. The molecule has 2 amide bonds. The standard InChI is InChI=1S/C12H22N2O3S/c1-8(18-2)6-13-12(17)14-7-9-4-3-5-10(9)11(15)16/h8-10H,3-7H2,1-2H3,(H,15,16)(H2,13,14,17). The Morgan fingerprint density at radius 3 is 2.72 bits per heavy atom. The van der Waals surface area contributed by atoms with E-state index in [2.05, 4.69) is 10.6 Å². The van der Waals surface area contributed by atoms with Crippen molar-refractivity contribution >= 4 is 23.8 Å². The van der Waals surface area contributed by atoms with Crippen molar-refractivity contribution in [2.75, 3.05) is 19.3 Å². The number of nitrogens with one attached hydrogen (secondary N) is 2. The molecule has 104 valence electrons. The van der Waals surface area contributed by atoms with Crippen molar-refractivity contribution in [3.8, 4) is 0 Å². The van der Waals surface area contributed by atoms with Crippen molar-refractivity contribution in [3.63, 3.8) is 0 Å². The van der Waals surface area contributed by atoms with Crippen LogP contribution in [0.3, 0.4) is 0 Å². The van der Waals surface area contributed by atoms with Gasteiger partial charge in [-0.25, -0.2) is 4.79 Å². The van der Waals surface area contributed by atoms with Gasteiger partial charge in [-0.1, -0.05) is 13.3 Å². The fourth-order valence-electron chi connectivity index (χ4n) is 2.21. The summed E-state index contributed by atoms with van der Waals surface area (Å²) in [6, 6.07) is -0.202. The molecule has 5 nitrogen and oxygen atoms in total. The van der Waals surface area contributed by atoms with Gasteiger partial charge in [0.1, 0.15) is 0 Å². The second-order valence-corrected chi connectivity index (χ2v) is 6.05. The smallest absolute Gasteiger partial charge is 0.314 e. The van der Waals surface area contributed by atoms with Crippen LogP contribution in [0.5, 0.6) is 0 Å². The molecule has 3 atom stereocenters. The first kappa shape index (κ1) is 15.1. The minimum absolute atomic E-state index is 0.0752. The Labute approximate surface area is 112 Å². The SMILES string of the molecule is CSC(C)CNC(=O)NCC1CCCC1C(=O)O. The molecule has 1 aliphatic carbocycles. The zero-order chi connectivity index (χ0) is 13.5. The van der Waals surface area contributed by atoms with E-state index in [1.165, 1.54) is 0 Å². The second-order valence-electron chi connectivity index (χ2n) is 4.77. The number of rotatable bonds is 6. The minimum atomic E-state index is -0.740. The number of thioether (sulfide) groups is 1. The van der Waals surface area contributed by atoms with E-state index in [9.17, 15) is 9.59 Å². The maximum absolute atomic E-state index is 11.5. The molecule has 0 radical (unpaired) electrons. The first-order valence-corrected chi connectivity index (χ1v) is 7.60. The maximum Gasteiger partial charge on any atom is 0.314 e. The van der Waals surface area contributed by atoms with Crippen LogP contribution >= 0.6 is 11.8 Å². The van der Waals surface area contributed by atoms with Crippen molar-refractivity contribution < 1.29 is 14.7 Å². The van der Waals surface area contributed by atoms with Crippen molar-refractivity contribution in [1.29, 1.82) is 0 Å². The molecule has 3 unspecified atom stereocenters. The number of carboxylic acid groups (broad SMARTS) is 1. The molecule has 1 rings (SSSR count). The Balaban J connectivity index is 2.23. The molecule has 0 aliphatic heterocycles. The maximum atomic E-state index is 11.5. The van der Waals surface area contributed by atoms with Crippen LogP contribution in [0.1, 0.15) is 26.2 Å². The highest BCUT2D eigenvalue weighted by Crippen LogP contribution is 2.31. The zero-order valence-electron chi connectivity index (χ0n) is 10.9. The second kappa shape index (κ2) is 7.51. The lowest BCUT2D eigenvalue weighted by Gasteiger charge is -2.17. The third kappa shape index (κ3) is 4.76. The molecular formula is C12H22N2O3S. The van der Waals surface area contributed by atoms with E-state index in [4.69, 9.17) is 5.11 Å². The highest BCUT2D eigenvalue weighted by atomic mass is 32.2. The first-order chi connectivity index (χ1) is 8.54. The van der Waals surface area contributed by atoms with Crippen LogP contribution < -0.4 is 10.6 Å². The summed E-state index contributed by atoms with van der Waals surface area (Å²) in [7, 11) is 0. The average Bonchev–Trinajstić information content (AvgIpc) is 2.81. The fourth-order valence-corrected chi connectivity index (χ4v) is 2.46. The topological polar surface area (TPSA) is 78.4 Å². The summed E-state index contributed by atoms with van der Waals surface area (Å²) in [6.07, 6.45) is 4.56. The number of aliphatic carboxylic acids is 1. The molecule has 0 spiro atoms. The molecule has 0 aromatic rings. The number of urea groups is 1. The predicted octanol–water partition coefficient (Wildman–Crippen LogP) is 1.54. The molecule has 6 heteroatoms. The molecule has 0 aromatic carbocycles. The molecule has 0 aromatic heterocycles. The Bertz CT molecular complexity index is 299. The zero-order valence-corrected chi connectivity index (χ0v) is 11.8. The molecule has 0 saturated heterocycles. The van der Waals surface area contributed by atoms with Crippen molar-refractivity contribution in [2.24, 2.45) is 11.8 Å². The lowest BCUT2D eigenvalue weighted by atomic mass is 9.96. The predicted molar refractivity (Wildman–Crippen MR) is 72.8 cm³/mol. The van der Waals surface area contributed by atoms with E-state index >= 15 is 0 Å². The summed E-state index contributed by atoms with van der Waals surface area (Å²) < 4.78 is 0. The monoisotopic (exact) mass is 274 g/mol. The van der Waals surface area contributed by atoms with E-state index in [-0.39, 0.29) is 17.9 Å². The Morgan fingerprint density at radius 1 is 1.39 bits per heavy atom. The van der Waals surface area contributed by atoms with Gasteiger partial charge in [0.05, 0.1) is 5.92 Å². The van der Waals surface area contributed by atoms with E-state index < -0.39 is 5.97 Å². The molecule has 1 aliphatic rings. The molecule has 1 fully saturated rings. The Hall–Kier alpha value is -0.910. The lowest BCUT2D eigenvalue weighted by molar-refractivity contribution is -0.142. The summed E-state index contributed by atoms with van der Waals surface area (Å²) >= 11 is 1.69. The van der Waals surface area contributed by atoms with E-state index in [0.29, 0.717) is 18.3 Å². The highest BCUT2D eigenvalue weighted by Gasteiger charge is 2.32. The van der Waals surface area contributed by atoms with Gasteiger partial charge in [0.15, 0.2) is 0 Å². The number of hydrogen-bond acceptors (Lipinski definition) is 3. The number of carboxylic acids is 1. The van der Waals surface area contributed by atoms with Crippen LogP contribution in [0, 0.1) is 11.8 Å². The van der Waals surface area contributed by atoms with Gasteiger partial charge in [0.25, 0.3) is 0 Å². The van der Waals surface area contributed by atoms with Crippen LogP contribution in [0.15, 0.2) is 0 Å².